The number of nitrogens with zero attached hydrogens (tertiary/aromatic N) is 4. The van der Waals surface area contributed by atoms with Gasteiger partial charge in [-0.15, -0.1) is 0 Å². The third-order valence-electron chi connectivity index (χ3n) is 8.14. The SMILES string of the molecule is CC1=CC=CC([C@@H](CO)NC(=O)[C@@H](C)N2Cc3ccc(-c4nc(NC5CCN(C)C(=O)C5)ncc4Cl)cc3C2=O)C1. The number of halogens is 1. The van der Waals surface area contributed by atoms with Gasteiger partial charge in [0.05, 0.1) is 29.6 Å². The Balaban J connectivity index is 1.28. The first kappa shape index (κ1) is 28.8. The van der Waals surface area contributed by atoms with Crippen LogP contribution in [0.2, 0.25) is 5.02 Å². The number of anilines is 1. The number of fused-ring (bicyclic) bond motifs is 1. The molecule has 1 aromatic heterocycles. The van der Waals surface area contributed by atoms with Gasteiger partial charge in [0, 0.05) is 49.6 Å². The summed E-state index contributed by atoms with van der Waals surface area (Å²) in [6.07, 6.45) is 9.36. The van der Waals surface area contributed by atoms with Crippen molar-refractivity contribution in [1.29, 1.82) is 0 Å². The number of piperidine rings is 1. The molecular weight excluding hydrogens is 544 g/mol. The zero-order valence-corrected chi connectivity index (χ0v) is 24.2. The number of benzene rings is 1. The van der Waals surface area contributed by atoms with Gasteiger partial charge in [0.1, 0.15) is 6.04 Å². The highest BCUT2D eigenvalue weighted by atomic mass is 35.5. The average Bonchev–Trinajstić information content (AvgIpc) is 3.29. The zero-order chi connectivity index (χ0) is 29.3. The first-order valence-electron chi connectivity index (χ1n) is 13.9. The number of nitrogens with one attached hydrogen (secondary N) is 2. The van der Waals surface area contributed by atoms with E-state index in [9.17, 15) is 19.5 Å². The van der Waals surface area contributed by atoms with E-state index in [4.69, 9.17) is 11.6 Å². The second-order valence-corrected chi connectivity index (χ2v) is 11.5. The molecule has 1 saturated heterocycles. The fourth-order valence-electron chi connectivity index (χ4n) is 5.55. The molecule has 2 unspecified atom stereocenters. The number of aliphatic hydroxyl groups excluding tert-OH is 1. The molecule has 11 heteroatoms. The molecule has 0 bridgehead atoms. The maximum absolute atomic E-state index is 13.5. The molecule has 0 spiro atoms. The molecule has 41 heavy (non-hydrogen) atoms. The number of rotatable bonds is 8. The van der Waals surface area contributed by atoms with Crippen LogP contribution < -0.4 is 10.6 Å². The molecule has 1 aromatic carbocycles. The number of likely N-dealkylation sites (tertiary alicyclic amines) is 1. The maximum Gasteiger partial charge on any atom is 0.255 e. The van der Waals surface area contributed by atoms with Gasteiger partial charge in [-0.2, -0.15) is 0 Å². The number of amides is 3. The summed E-state index contributed by atoms with van der Waals surface area (Å²) in [5.41, 5.74) is 3.60. The third-order valence-corrected chi connectivity index (χ3v) is 8.41. The molecule has 1 fully saturated rings. The van der Waals surface area contributed by atoms with E-state index in [2.05, 4.69) is 20.6 Å². The molecule has 3 N–H and O–H groups in total. The second-order valence-electron chi connectivity index (χ2n) is 11.1. The maximum atomic E-state index is 13.5. The van der Waals surface area contributed by atoms with E-state index in [0.29, 0.717) is 47.3 Å². The summed E-state index contributed by atoms with van der Waals surface area (Å²) in [5.74, 6) is -0.144. The van der Waals surface area contributed by atoms with Gasteiger partial charge in [-0.3, -0.25) is 14.4 Å². The van der Waals surface area contributed by atoms with Crippen molar-refractivity contribution in [3.63, 3.8) is 0 Å². The predicted molar refractivity (Wildman–Crippen MR) is 156 cm³/mol. The van der Waals surface area contributed by atoms with Gasteiger partial charge < -0.3 is 25.5 Å². The van der Waals surface area contributed by atoms with Crippen LogP contribution in [0.1, 0.15) is 49.0 Å². The van der Waals surface area contributed by atoms with Crippen LogP contribution in [0.25, 0.3) is 11.3 Å². The van der Waals surface area contributed by atoms with E-state index in [1.165, 1.54) is 16.7 Å². The molecule has 10 nitrogen and oxygen atoms in total. The minimum absolute atomic E-state index is 0.00730. The summed E-state index contributed by atoms with van der Waals surface area (Å²) < 4.78 is 0. The fourth-order valence-corrected chi connectivity index (χ4v) is 5.75. The van der Waals surface area contributed by atoms with Crippen LogP contribution in [0.15, 0.2) is 48.2 Å². The van der Waals surface area contributed by atoms with Gasteiger partial charge in [-0.05, 0) is 38.3 Å². The van der Waals surface area contributed by atoms with Gasteiger partial charge in [0.15, 0.2) is 0 Å². The van der Waals surface area contributed by atoms with Crippen LogP contribution in [0.4, 0.5) is 5.95 Å². The Morgan fingerprint density at radius 2 is 2.07 bits per heavy atom. The van der Waals surface area contributed by atoms with Crippen LogP contribution in [0.5, 0.6) is 0 Å². The van der Waals surface area contributed by atoms with Gasteiger partial charge in [-0.1, -0.05) is 47.5 Å². The van der Waals surface area contributed by atoms with E-state index < -0.39 is 12.1 Å². The summed E-state index contributed by atoms with van der Waals surface area (Å²) in [7, 11) is 1.79. The minimum Gasteiger partial charge on any atom is -0.394 e. The first-order chi connectivity index (χ1) is 19.6. The van der Waals surface area contributed by atoms with Crippen LogP contribution in [-0.4, -0.2) is 80.9 Å². The number of hydrogen-bond donors (Lipinski definition) is 3. The molecule has 3 aliphatic rings. The smallest absolute Gasteiger partial charge is 0.255 e. The molecule has 0 saturated carbocycles. The summed E-state index contributed by atoms with van der Waals surface area (Å²) >= 11 is 6.47. The number of carbonyl (C=O) groups is 3. The van der Waals surface area contributed by atoms with Crippen molar-refractivity contribution < 1.29 is 19.5 Å². The average molecular weight is 579 g/mol. The van der Waals surface area contributed by atoms with E-state index in [-0.39, 0.29) is 36.3 Å². The zero-order valence-electron chi connectivity index (χ0n) is 23.4. The molecule has 2 aromatic rings. The lowest BCUT2D eigenvalue weighted by atomic mass is 9.89. The highest BCUT2D eigenvalue weighted by molar-refractivity contribution is 6.33. The molecular formula is C30H35ClN6O4. The molecule has 1 aliphatic carbocycles. The van der Waals surface area contributed by atoms with Gasteiger partial charge in [0.25, 0.3) is 5.91 Å². The van der Waals surface area contributed by atoms with Crippen LogP contribution >= 0.6 is 11.6 Å². The monoisotopic (exact) mass is 578 g/mol. The number of aliphatic hydroxyl groups is 1. The Morgan fingerprint density at radius 1 is 1.27 bits per heavy atom. The van der Waals surface area contributed by atoms with Crippen molar-refractivity contribution in [3.05, 3.63) is 64.3 Å². The quantitative estimate of drug-likeness (QED) is 0.439. The lowest BCUT2D eigenvalue weighted by Crippen LogP contribution is -2.51. The summed E-state index contributed by atoms with van der Waals surface area (Å²) in [6.45, 7) is 4.48. The van der Waals surface area contributed by atoms with E-state index in [0.717, 1.165) is 18.4 Å². The molecule has 0 radical (unpaired) electrons. The van der Waals surface area contributed by atoms with Crippen molar-refractivity contribution in [3.8, 4) is 11.3 Å². The molecule has 3 amide bonds. The Bertz CT molecular complexity index is 1430. The lowest BCUT2D eigenvalue weighted by Gasteiger charge is -2.29. The van der Waals surface area contributed by atoms with Crippen molar-refractivity contribution in [1.82, 2.24) is 25.1 Å². The number of carbonyl (C=O) groups excluding carboxylic acids is 3. The third kappa shape index (κ3) is 6.13. The van der Waals surface area contributed by atoms with Crippen LogP contribution in [-0.2, 0) is 16.1 Å². The van der Waals surface area contributed by atoms with Crippen molar-refractivity contribution in [2.45, 2.75) is 57.8 Å². The van der Waals surface area contributed by atoms with E-state index in [1.807, 2.05) is 37.3 Å². The normalized spacial score (nSPS) is 21.8. The summed E-state index contributed by atoms with van der Waals surface area (Å²) in [6, 6.07) is 4.21. The van der Waals surface area contributed by atoms with Crippen molar-refractivity contribution in [2.75, 3.05) is 25.5 Å². The largest absolute Gasteiger partial charge is 0.394 e. The van der Waals surface area contributed by atoms with Crippen molar-refractivity contribution in [2.24, 2.45) is 5.92 Å². The Labute approximate surface area is 244 Å². The predicted octanol–water partition coefficient (Wildman–Crippen LogP) is 3.17. The molecule has 2 aliphatic heterocycles. The first-order valence-corrected chi connectivity index (χ1v) is 14.2. The van der Waals surface area contributed by atoms with Gasteiger partial charge in [-0.25, -0.2) is 9.97 Å². The van der Waals surface area contributed by atoms with E-state index >= 15 is 0 Å². The number of allylic oxidation sites excluding steroid dienone is 3. The Kier molecular flexibility index (Phi) is 8.42. The lowest BCUT2D eigenvalue weighted by molar-refractivity contribution is -0.132. The number of aromatic nitrogens is 2. The molecule has 5 rings (SSSR count). The molecule has 216 valence electrons. The van der Waals surface area contributed by atoms with Crippen LogP contribution in [0, 0.1) is 5.92 Å². The number of hydrogen-bond acceptors (Lipinski definition) is 7. The Morgan fingerprint density at radius 3 is 2.80 bits per heavy atom. The standard InChI is InChI=1S/C30H35ClN6O4/c1-17-5-4-6-19(11-17)25(16-38)34-28(40)18(2)37-15-21-8-7-20(12-23(21)29(37)41)27-24(31)14-32-30(35-27)33-22-9-10-36(3)26(39)13-22/h4-8,12,14,18-19,22,25,38H,9-11,13,15-16H2,1-3H3,(H,34,40)(H,32,33,35)/t18-,19?,22?,25-/m1/s1. The highest BCUT2D eigenvalue weighted by Crippen LogP contribution is 2.32. The van der Waals surface area contributed by atoms with Gasteiger partial charge in [0.2, 0.25) is 17.8 Å². The van der Waals surface area contributed by atoms with Crippen molar-refractivity contribution >= 4 is 35.3 Å². The molecule has 3 heterocycles. The van der Waals surface area contributed by atoms with E-state index in [1.54, 1.807) is 24.9 Å². The summed E-state index contributed by atoms with van der Waals surface area (Å²) in [4.78, 5) is 50.9. The van der Waals surface area contributed by atoms with Gasteiger partial charge >= 0.3 is 0 Å². The minimum atomic E-state index is -0.729. The second kappa shape index (κ2) is 12.0. The summed E-state index contributed by atoms with van der Waals surface area (Å²) in [5, 5.41) is 16.5. The fraction of sp³-hybridized carbons (Fsp3) is 0.433. The topological polar surface area (TPSA) is 128 Å². The Hall–Kier alpha value is -3.76. The highest BCUT2D eigenvalue weighted by Gasteiger charge is 2.35. The van der Waals surface area contributed by atoms with Crippen LogP contribution in [0.3, 0.4) is 0 Å². The molecule has 4 atom stereocenters.